The van der Waals surface area contributed by atoms with Crippen molar-refractivity contribution in [3.8, 4) is 11.9 Å². The molecule has 0 aliphatic carbocycles. The average Bonchev–Trinajstić information content (AvgIpc) is 2.24. The highest BCUT2D eigenvalue weighted by Crippen LogP contribution is 2.37. The molecular formula is C9H7Cl2N3OS. The van der Waals surface area contributed by atoms with Crippen LogP contribution in [0.4, 0.5) is 5.69 Å². The van der Waals surface area contributed by atoms with Crippen molar-refractivity contribution in [3.63, 3.8) is 0 Å². The molecule has 0 atom stereocenters. The van der Waals surface area contributed by atoms with Crippen molar-refractivity contribution in [2.24, 2.45) is 4.99 Å². The van der Waals surface area contributed by atoms with Crippen molar-refractivity contribution in [2.45, 2.75) is 0 Å². The standard InChI is InChI=1S/C9H7Cl2N3OS/c1-16-9(13-4-12)14-7-3-5(10)2-6(11)8(7)15/h2-3,15H,1H3,(H,13,14). The van der Waals surface area contributed by atoms with E-state index in [4.69, 9.17) is 28.5 Å². The Morgan fingerprint density at radius 2 is 2.25 bits per heavy atom. The molecule has 0 fully saturated rings. The number of hydrogen-bond acceptors (Lipinski definition) is 4. The van der Waals surface area contributed by atoms with Gasteiger partial charge in [-0.25, -0.2) is 4.99 Å². The van der Waals surface area contributed by atoms with E-state index in [0.29, 0.717) is 10.2 Å². The Morgan fingerprint density at radius 3 is 2.81 bits per heavy atom. The van der Waals surface area contributed by atoms with Gasteiger partial charge in [-0.1, -0.05) is 35.0 Å². The third-order valence-electron chi connectivity index (χ3n) is 1.59. The van der Waals surface area contributed by atoms with Gasteiger partial charge in [-0.2, -0.15) is 5.26 Å². The Labute approximate surface area is 107 Å². The fourth-order valence-corrected chi connectivity index (χ4v) is 1.74. The lowest BCUT2D eigenvalue weighted by molar-refractivity contribution is 0.477. The minimum Gasteiger partial charge on any atom is -0.504 e. The summed E-state index contributed by atoms with van der Waals surface area (Å²) in [5.41, 5.74) is 0.213. The van der Waals surface area contributed by atoms with Gasteiger partial charge in [0, 0.05) is 5.02 Å². The smallest absolute Gasteiger partial charge is 0.183 e. The minimum absolute atomic E-state index is 0.115. The lowest BCUT2D eigenvalue weighted by Crippen LogP contribution is -2.12. The van der Waals surface area contributed by atoms with Gasteiger partial charge >= 0.3 is 0 Å². The molecule has 0 spiro atoms. The number of nitriles is 1. The first-order chi connectivity index (χ1) is 7.58. The zero-order chi connectivity index (χ0) is 12.1. The first-order valence-corrected chi connectivity index (χ1v) is 6.02. The van der Waals surface area contributed by atoms with Crippen LogP contribution in [0.1, 0.15) is 0 Å². The van der Waals surface area contributed by atoms with Crippen LogP contribution in [-0.2, 0) is 0 Å². The number of halogens is 2. The number of aliphatic imine (C=N–C) groups is 1. The molecule has 84 valence electrons. The molecule has 0 heterocycles. The van der Waals surface area contributed by atoms with E-state index in [2.05, 4.69) is 10.3 Å². The Kier molecular flexibility index (Phi) is 4.74. The first-order valence-electron chi connectivity index (χ1n) is 4.04. The second-order valence-electron chi connectivity index (χ2n) is 2.61. The summed E-state index contributed by atoms with van der Waals surface area (Å²) in [7, 11) is 0. The Hall–Kier alpha value is -1.09. The van der Waals surface area contributed by atoms with Crippen LogP contribution in [-0.4, -0.2) is 16.5 Å². The molecule has 1 aromatic rings. The summed E-state index contributed by atoms with van der Waals surface area (Å²) in [5.74, 6) is -0.169. The van der Waals surface area contributed by atoms with Crippen LogP contribution in [0.3, 0.4) is 0 Å². The van der Waals surface area contributed by atoms with Gasteiger partial charge in [0.2, 0.25) is 0 Å². The quantitative estimate of drug-likeness (QED) is 0.358. The van der Waals surface area contributed by atoms with Gasteiger partial charge in [0.1, 0.15) is 5.69 Å². The molecule has 0 saturated carbocycles. The highest BCUT2D eigenvalue weighted by Gasteiger charge is 2.08. The van der Waals surface area contributed by atoms with Crippen LogP contribution >= 0.6 is 35.0 Å². The summed E-state index contributed by atoms with van der Waals surface area (Å²) in [6.07, 6.45) is 3.48. The van der Waals surface area contributed by atoms with Crippen LogP contribution in [0.15, 0.2) is 17.1 Å². The third-order valence-corrected chi connectivity index (χ3v) is 2.67. The Morgan fingerprint density at radius 1 is 1.56 bits per heavy atom. The second-order valence-corrected chi connectivity index (χ2v) is 4.25. The highest BCUT2D eigenvalue weighted by atomic mass is 35.5. The fourth-order valence-electron chi connectivity index (χ4n) is 0.919. The molecule has 0 aliphatic heterocycles. The molecule has 0 aliphatic rings. The maximum atomic E-state index is 9.62. The van der Waals surface area contributed by atoms with Crippen LogP contribution in [0, 0.1) is 11.5 Å². The number of phenolic OH excluding ortho intramolecular Hbond substituents is 1. The van der Waals surface area contributed by atoms with E-state index < -0.39 is 0 Å². The molecule has 0 aromatic heterocycles. The summed E-state index contributed by atoms with van der Waals surface area (Å²) >= 11 is 12.7. The number of nitrogens with zero attached hydrogens (tertiary/aromatic N) is 2. The van der Waals surface area contributed by atoms with Crippen molar-refractivity contribution in [2.75, 3.05) is 6.26 Å². The molecule has 0 radical (unpaired) electrons. The molecule has 16 heavy (non-hydrogen) atoms. The number of amidine groups is 1. The molecule has 0 amide bonds. The minimum atomic E-state index is -0.169. The van der Waals surface area contributed by atoms with E-state index in [1.54, 1.807) is 12.4 Å². The number of benzene rings is 1. The summed E-state index contributed by atoms with van der Waals surface area (Å²) in [4.78, 5) is 4.02. The molecule has 7 heteroatoms. The topological polar surface area (TPSA) is 68.4 Å². The number of phenols is 1. The molecule has 1 aromatic carbocycles. The Bertz CT molecular complexity index is 471. The van der Waals surface area contributed by atoms with E-state index >= 15 is 0 Å². The lowest BCUT2D eigenvalue weighted by Gasteiger charge is -2.04. The zero-order valence-corrected chi connectivity index (χ0v) is 10.5. The second kappa shape index (κ2) is 5.85. The van der Waals surface area contributed by atoms with Crippen LogP contribution in [0.25, 0.3) is 0 Å². The molecule has 0 unspecified atom stereocenters. The normalized spacial score (nSPS) is 11.0. The van der Waals surface area contributed by atoms with Crippen molar-refractivity contribution >= 4 is 45.8 Å². The number of aromatic hydroxyl groups is 1. The van der Waals surface area contributed by atoms with E-state index in [0.717, 1.165) is 0 Å². The monoisotopic (exact) mass is 275 g/mol. The SMILES string of the molecule is CSC(=Nc1cc(Cl)cc(Cl)c1O)NC#N. The van der Waals surface area contributed by atoms with Crippen LogP contribution in [0.5, 0.6) is 5.75 Å². The highest BCUT2D eigenvalue weighted by molar-refractivity contribution is 8.13. The van der Waals surface area contributed by atoms with Gasteiger partial charge in [0.15, 0.2) is 17.1 Å². The van der Waals surface area contributed by atoms with E-state index in [9.17, 15) is 5.11 Å². The van der Waals surface area contributed by atoms with Gasteiger partial charge in [-0.3, -0.25) is 5.32 Å². The largest absolute Gasteiger partial charge is 0.504 e. The predicted octanol–water partition coefficient (Wildman–Crippen LogP) is 3.12. The van der Waals surface area contributed by atoms with Gasteiger partial charge in [0.05, 0.1) is 5.02 Å². The van der Waals surface area contributed by atoms with E-state index in [1.165, 1.54) is 23.9 Å². The van der Waals surface area contributed by atoms with Crippen LogP contribution in [0.2, 0.25) is 10.0 Å². The first kappa shape index (κ1) is 13.0. The fraction of sp³-hybridized carbons (Fsp3) is 0.111. The van der Waals surface area contributed by atoms with Crippen molar-refractivity contribution < 1.29 is 5.11 Å². The molecule has 0 saturated heterocycles. The molecule has 2 N–H and O–H groups in total. The zero-order valence-electron chi connectivity index (χ0n) is 8.16. The molecule has 4 nitrogen and oxygen atoms in total. The van der Waals surface area contributed by atoms with Crippen molar-refractivity contribution in [1.82, 2.24) is 5.32 Å². The predicted molar refractivity (Wildman–Crippen MR) is 67.5 cm³/mol. The van der Waals surface area contributed by atoms with Gasteiger partial charge in [0.25, 0.3) is 0 Å². The molecule has 0 bridgehead atoms. The maximum Gasteiger partial charge on any atom is 0.183 e. The lowest BCUT2D eigenvalue weighted by atomic mass is 10.3. The summed E-state index contributed by atoms with van der Waals surface area (Å²) in [6.45, 7) is 0. The van der Waals surface area contributed by atoms with E-state index in [1.807, 2.05) is 0 Å². The van der Waals surface area contributed by atoms with Crippen molar-refractivity contribution in [1.29, 1.82) is 5.26 Å². The molecule has 1 rings (SSSR count). The summed E-state index contributed by atoms with van der Waals surface area (Å²) in [6, 6.07) is 2.87. The summed E-state index contributed by atoms with van der Waals surface area (Å²) < 4.78 is 0. The van der Waals surface area contributed by atoms with E-state index in [-0.39, 0.29) is 16.5 Å². The number of hydrogen-bond donors (Lipinski definition) is 2. The van der Waals surface area contributed by atoms with Gasteiger partial charge < -0.3 is 5.11 Å². The average molecular weight is 276 g/mol. The number of nitrogens with one attached hydrogen (secondary N) is 1. The maximum absolute atomic E-state index is 9.62. The van der Waals surface area contributed by atoms with Gasteiger partial charge in [-0.15, -0.1) is 0 Å². The third kappa shape index (κ3) is 3.20. The van der Waals surface area contributed by atoms with Crippen LogP contribution < -0.4 is 5.32 Å². The molecular weight excluding hydrogens is 269 g/mol. The summed E-state index contributed by atoms with van der Waals surface area (Å²) in [5, 5.41) is 21.3. The number of rotatable bonds is 1. The van der Waals surface area contributed by atoms with Gasteiger partial charge in [-0.05, 0) is 18.4 Å². The number of thioether (sulfide) groups is 1. The van der Waals surface area contributed by atoms with Crippen molar-refractivity contribution in [3.05, 3.63) is 22.2 Å². The Balaban J connectivity index is 3.18.